The van der Waals surface area contributed by atoms with Crippen molar-refractivity contribution in [1.29, 1.82) is 0 Å². The lowest BCUT2D eigenvalue weighted by Gasteiger charge is -2.10. The second-order valence-electron chi connectivity index (χ2n) is 5.10. The molecule has 0 aliphatic rings. The van der Waals surface area contributed by atoms with Crippen LogP contribution in [0.25, 0.3) is 0 Å². The molecule has 0 spiro atoms. The van der Waals surface area contributed by atoms with Crippen LogP contribution in [0.15, 0.2) is 55.1 Å². The van der Waals surface area contributed by atoms with E-state index in [1.807, 2.05) is 37.3 Å². The minimum absolute atomic E-state index is 0.697. The van der Waals surface area contributed by atoms with Crippen LogP contribution >= 0.6 is 0 Å². The Balaban J connectivity index is 1.64. The number of anilines is 2. The minimum Gasteiger partial charge on any atom is -0.366 e. The number of nitrogens with zero attached hydrogens (tertiary/aromatic N) is 4. The Morgan fingerprint density at radius 2 is 1.17 bits per heavy atom. The fourth-order valence-electron chi connectivity index (χ4n) is 2.14. The van der Waals surface area contributed by atoms with Crippen molar-refractivity contribution in [3.05, 3.63) is 72.1 Å². The third-order valence-electron chi connectivity index (χ3n) is 3.28. The molecule has 2 N–H and O–H groups in total. The highest BCUT2D eigenvalue weighted by molar-refractivity contribution is 5.48. The average Bonchev–Trinajstić information content (AvgIpc) is 2.60. The minimum atomic E-state index is 0.697. The molecule has 0 aliphatic carbocycles. The Morgan fingerprint density at radius 1 is 0.739 bits per heavy atom. The van der Waals surface area contributed by atoms with E-state index in [9.17, 15) is 0 Å². The van der Waals surface area contributed by atoms with Crippen LogP contribution in [0.5, 0.6) is 0 Å². The largest absolute Gasteiger partial charge is 0.366 e. The zero-order valence-corrected chi connectivity index (χ0v) is 12.9. The second kappa shape index (κ2) is 7.31. The lowest BCUT2D eigenvalue weighted by Crippen LogP contribution is -2.07. The molecule has 3 rings (SSSR count). The highest BCUT2D eigenvalue weighted by Gasteiger charge is 2.02. The summed E-state index contributed by atoms with van der Waals surface area (Å²) in [6, 6.07) is 9.82. The molecule has 6 nitrogen and oxygen atoms in total. The van der Waals surface area contributed by atoms with Crippen molar-refractivity contribution < 1.29 is 0 Å². The highest BCUT2D eigenvalue weighted by Crippen LogP contribution is 2.13. The molecule has 0 unspecified atom stereocenters. The van der Waals surface area contributed by atoms with E-state index in [1.165, 1.54) is 0 Å². The lowest BCUT2D eigenvalue weighted by molar-refractivity contribution is 1.00. The first-order chi connectivity index (χ1) is 11.3. The summed E-state index contributed by atoms with van der Waals surface area (Å²) >= 11 is 0. The van der Waals surface area contributed by atoms with Crippen LogP contribution < -0.4 is 10.6 Å². The Labute approximate surface area is 135 Å². The maximum absolute atomic E-state index is 4.42. The zero-order valence-electron chi connectivity index (χ0n) is 12.9. The first-order valence-electron chi connectivity index (χ1n) is 7.41. The van der Waals surface area contributed by atoms with E-state index in [4.69, 9.17) is 0 Å². The maximum Gasteiger partial charge on any atom is 0.132 e. The van der Waals surface area contributed by atoms with Gasteiger partial charge in [-0.3, -0.25) is 9.97 Å². The van der Waals surface area contributed by atoms with Gasteiger partial charge < -0.3 is 10.6 Å². The third kappa shape index (κ3) is 4.47. The average molecular weight is 306 g/mol. The molecule has 0 bridgehead atoms. The Kier molecular flexibility index (Phi) is 4.73. The van der Waals surface area contributed by atoms with Crippen molar-refractivity contribution in [2.45, 2.75) is 20.0 Å². The van der Waals surface area contributed by atoms with Crippen LogP contribution in [0.4, 0.5) is 11.6 Å². The van der Waals surface area contributed by atoms with Gasteiger partial charge >= 0.3 is 0 Å². The molecule has 0 saturated carbocycles. The summed E-state index contributed by atoms with van der Waals surface area (Å²) in [6.45, 7) is 3.28. The Hall–Kier alpha value is -3.02. The molecule has 0 fully saturated rings. The summed E-state index contributed by atoms with van der Waals surface area (Å²) in [5, 5.41) is 6.62. The van der Waals surface area contributed by atoms with Gasteiger partial charge in [-0.1, -0.05) is 0 Å². The van der Waals surface area contributed by atoms with Gasteiger partial charge in [0.05, 0.1) is 0 Å². The number of rotatable bonds is 6. The monoisotopic (exact) mass is 306 g/mol. The molecule has 0 aromatic carbocycles. The number of hydrogen-bond donors (Lipinski definition) is 2. The van der Waals surface area contributed by atoms with E-state index < -0.39 is 0 Å². The fraction of sp³-hybridized carbons (Fsp3) is 0.176. The molecular formula is C17H18N6. The van der Waals surface area contributed by atoms with Gasteiger partial charge in [-0.05, 0) is 42.3 Å². The molecule has 3 aromatic rings. The molecule has 0 saturated heterocycles. The van der Waals surface area contributed by atoms with Crippen LogP contribution in [0.2, 0.25) is 0 Å². The van der Waals surface area contributed by atoms with Gasteiger partial charge in [0.25, 0.3) is 0 Å². The number of aryl methyl sites for hydroxylation is 1. The van der Waals surface area contributed by atoms with E-state index in [0.717, 1.165) is 28.6 Å². The summed E-state index contributed by atoms with van der Waals surface area (Å²) in [5.41, 5.74) is 2.31. The summed E-state index contributed by atoms with van der Waals surface area (Å²) < 4.78 is 0. The molecule has 0 radical (unpaired) electrons. The zero-order chi connectivity index (χ0) is 15.9. The quantitative estimate of drug-likeness (QED) is 0.729. The Bertz CT molecular complexity index is 684. The summed E-state index contributed by atoms with van der Waals surface area (Å²) in [6.07, 6.45) is 7.13. The van der Waals surface area contributed by atoms with E-state index in [-0.39, 0.29) is 0 Å². The van der Waals surface area contributed by atoms with Crippen molar-refractivity contribution in [2.24, 2.45) is 0 Å². The van der Waals surface area contributed by atoms with Crippen LogP contribution in [-0.4, -0.2) is 19.9 Å². The highest BCUT2D eigenvalue weighted by atomic mass is 15.1. The molecule has 0 aliphatic heterocycles. The van der Waals surface area contributed by atoms with E-state index in [1.54, 1.807) is 24.8 Å². The van der Waals surface area contributed by atoms with Crippen molar-refractivity contribution in [1.82, 2.24) is 19.9 Å². The van der Waals surface area contributed by atoms with Crippen molar-refractivity contribution in [3.8, 4) is 0 Å². The molecular weight excluding hydrogens is 288 g/mol. The van der Waals surface area contributed by atoms with E-state index in [2.05, 4.69) is 30.6 Å². The fourth-order valence-corrected chi connectivity index (χ4v) is 2.14. The van der Waals surface area contributed by atoms with Crippen LogP contribution in [-0.2, 0) is 13.1 Å². The molecule has 3 aromatic heterocycles. The van der Waals surface area contributed by atoms with E-state index >= 15 is 0 Å². The number of hydrogen-bond acceptors (Lipinski definition) is 6. The molecule has 3 heterocycles. The summed E-state index contributed by atoms with van der Waals surface area (Å²) in [5.74, 6) is 2.32. The number of aromatic nitrogens is 4. The molecule has 0 amide bonds. The van der Waals surface area contributed by atoms with Crippen molar-refractivity contribution in [2.75, 3.05) is 10.6 Å². The van der Waals surface area contributed by atoms with Gasteiger partial charge in [-0.25, -0.2) is 9.97 Å². The summed E-state index contributed by atoms with van der Waals surface area (Å²) in [7, 11) is 0. The summed E-state index contributed by atoms with van der Waals surface area (Å²) in [4.78, 5) is 16.9. The second-order valence-corrected chi connectivity index (χ2v) is 5.10. The van der Waals surface area contributed by atoms with Gasteiger partial charge in [0.15, 0.2) is 0 Å². The molecule has 0 atom stereocenters. The maximum atomic E-state index is 4.42. The third-order valence-corrected chi connectivity index (χ3v) is 3.28. The first-order valence-corrected chi connectivity index (χ1v) is 7.41. The molecule has 6 heteroatoms. The van der Waals surface area contributed by atoms with Gasteiger partial charge in [0.2, 0.25) is 0 Å². The predicted molar refractivity (Wildman–Crippen MR) is 89.9 cm³/mol. The van der Waals surface area contributed by atoms with Crippen LogP contribution in [0.1, 0.15) is 17.0 Å². The van der Waals surface area contributed by atoms with Crippen molar-refractivity contribution in [3.63, 3.8) is 0 Å². The molecule has 116 valence electrons. The normalized spacial score (nSPS) is 10.3. The lowest BCUT2D eigenvalue weighted by atomic mass is 10.2. The first kappa shape index (κ1) is 14.9. The smallest absolute Gasteiger partial charge is 0.132 e. The van der Waals surface area contributed by atoms with Crippen LogP contribution in [0.3, 0.4) is 0 Å². The van der Waals surface area contributed by atoms with Crippen molar-refractivity contribution >= 4 is 11.6 Å². The van der Waals surface area contributed by atoms with E-state index in [0.29, 0.717) is 13.1 Å². The number of pyridine rings is 2. The number of nitrogens with one attached hydrogen (secondary N) is 2. The van der Waals surface area contributed by atoms with Gasteiger partial charge in [-0.2, -0.15) is 0 Å². The van der Waals surface area contributed by atoms with Crippen LogP contribution in [0, 0.1) is 6.92 Å². The topological polar surface area (TPSA) is 75.6 Å². The Morgan fingerprint density at radius 3 is 1.61 bits per heavy atom. The van der Waals surface area contributed by atoms with Gasteiger partial charge in [-0.15, -0.1) is 0 Å². The molecule has 23 heavy (non-hydrogen) atoms. The predicted octanol–water partition coefficient (Wildman–Crippen LogP) is 2.80. The van der Waals surface area contributed by atoms with Gasteiger partial charge in [0, 0.05) is 43.9 Å². The standard InChI is InChI=1S/C17H18N6/c1-13-22-16(20-11-14-2-6-18-7-3-14)10-17(23-13)21-12-15-4-8-19-9-5-15/h2-10H,11-12H2,1H3,(H2,20,21,22,23). The van der Waals surface area contributed by atoms with Gasteiger partial charge in [0.1, 0.15) is 17.5 Å². The SMILES string of the molecule is Cc1nc(NCc2ccncc2)cc(NCc2ccncc2)n1.